The van der Waals surface area contributed by atoms with E-state index in [1.165, 1.54) is 0 Å². The number of rotatable bonds is 1. The largest absolute Gasteiger partial charge is 0.392 e. The SMILES string of the molecule is CC(C)(C)c1cnc2c(c1CO)C=CC2. The van der Waals surface area contributed by atoms with Gasteiger partial charge in [-0.1, -0.05) is 32.9 Å². The summed E-state index contributed by atoms with van der Waals surface area (Å²) in [5.74, 6) is 0. The minimum atomic E-state index is 0.0382. The minimum absolute atomic E-state index is 0.0382. The number of aliphatic hydroxyl groups excluding tert-OH is 1. The molecule has 0 atom stereocenters. The van der Waals surface area contributed by atoms with Gasteiger partial charge in [0, 0.05) is 18.2 Å². The molecule has 0 saturated heterocycles. The summed E-state index contributed by atoms with van der Waals surface area (Å²) >= 11 is 0. The molecule has 0 aliphatic heterocycles. The van der Waals surface area contributed by atoms with Crippen LogP contribution in [-0.2, 0) is 18.4 Å². The molecule has 0 aromatic carbocycles. The summed E-state index contributed by atoms with van der Waals surface area (Å²) in [5, 5.41) is 9.48. The Morgan fingerprint density at radius 3 is 2.73 bits per heavy atom. The van der Waals surface area contributed by atoms with Gasteiger partial charge in [0.15, 0.2) is 0 Å². The van der Waals surface area contributed by atoms with Gasteiger partial charge >= 0.3 is 0 Å². The molecule has 0 fully saturated rings. The van der Waals surface area contributed by atoms with Crippen LogP contribution in [-0.4, -0.2) is 10.1 Å². The maximum atomic E-state index is 9.48. The van der Waals surface area contributed by atoms with E-state index in [0.29, 0.717) is 0 Å². The highest BCUT2D eigenvalue weighted by molar-refractivity contribution is 5.63. The normalized spacial score (nSPS) is 14.4. The van der Waals surface area contributed by atoms with Crippen LogP contribution in [0.25, 0.3) is 6.08 Å². The Morgan fingerprint density at radius 2 is 2.13 bits per heavy atom. The van der Waals surface area contributed by atoms with Crippen LogP contribution in [0.2, 0.25) is 0 Å². The first kappa shape index (κ1) is 10.4. The van der Waals surface area contributed by atoms with Crippen molar-refractivity contribution in [2.24, 2.45) is 0 Å². The number of hydrogen-bond donors (Lipinski definition) is 1. The Kier molecular flexibility index (Phi) is 2.39. The van der Waals surface area contributed by atoms with Crippen LogP contribution >= 0.6 is 0 Å². The van der Waals surface area contributed by atoms with E-state index < -0.39 is 0 Å². The Labute approximate surface area is 90.7 Å². The monoisotopic (exact) mass is 203 g/mol. The molecule has 1 aromatic rings. The van der Waals surface area contributed by atoms with Crippen molar-refractivity contribution in [2.75, 3.05) is 0 Å². The molecule has 0 unspecified atom stereocenters. The summed E-state index contributed by atoms with van der Waals surface area (Å²) < 4.78 is 0. The average Bonchev–Trinajstić information content (AvgIpc) is 2.61. The van der Waals surface area contributed by atoms with Gasteiger partial charge in [-0.05, 0) is 16.5 Å². The molecule has 0 amide bonds. The lowest BCUT2D eigenvalue weighted by Gasteiger charge is -2.23. The van der Waals surface area contributed by atoms with E-state index >= 15 is 0 Å². The summed E-state index contributed by atoms with van der Waals surface area (Å²) in [7, 11) is 0. The fourth-order valence-corrected chi connectivity index (χ4v) is 2.07. The summed E-state index contributed by atoms with van der Waals surface area (Å²) in [6.07, 6.45) is 6.98. The van der Waals surface area contributed by atoms with E-state index in [9.17, 15) is 5.11 Å². The van der Waals surface area contributed by atoms with Crippen LogP contribution in [0.5, 0.6) is 0 Å². The second-order valence-corrected chi connectivity index (χ2v) is 5.03. The molecular weight excluding hydrogens is 186 g/mol. The number of fused-ring (bicyclic) bond motifs is 1. The molecule has 0 radical (unpaired) electrons. The van der Waals surface area contributed by atoms with Crippen LogP contribution in [0, 0.1) is 0 Å². The third kappa shape index (κ3) is 1.70. The predicted octanol–water partition coefficient (Wildman–Crippen LogP) is 2.44. The van der Waals surface area contributed by atoms with Gasteiger partial charge in [-0.3, -0.25) is 4.98 Å². The fourth-order valence-electron chi connectivity index (χ4n) is 2.07. The number of allylic oxidation sites excluding steroid dienone is 1. The first-order valence-corrected chi connectivity index (χ1v) is 5.32. The minimum Gasteiger partial charge on any atom is -0.392 e. The van der Waals surface area contributed by atoms with Crippen LogP contribution in [0.4, 0.5) is 0 Å². The van der Waals surface area contributed by atoms with E-state index in [4.69, 9.17) is 0 Å². The molecule has 80 valence electrons. The highest BCUT2D eigenvalue weighted by atomic mass is 16.3. The van der Waals surface area contributed by atoms with Gasteiger partial charge in [-0.25, -0.2) is 0 Å². The van der Waals surface area contributed by atoms with E-state index in [-0.39, 0.29) is 12.0 Å². The van der Waals surface area contributed by atoms with Gasteiger partial charge in [-0.2, -0.15) is 0 Å². The fraction of sp³-hybridized carbons (Fsp3) is 0.462. The lowest BCUT2D eigenvalue weighted by molar-refractivity contribution is 0.278. The maximum absolute atomic E-state index is 9.48. The Morgan fingerprint density at radius 1 is 1.40 bits per heavy atom. The van der Waals surface area contributed by atoms with E-state index in [1.807, 2.05) is 6.20 Å². The van der Waals surface area contributed by atoms with Crippen molar-refractivity contribution in [3.05, 3.63) is 34.7 Å². The van der Waals surface area contributed by atoms with E-state index in [1.54, 1.807) is 0 Å². The van der Waals surface area contributed by atoms with Gasteiger partial charge < -0.3 is 5.11 Å². The molecule has 1 aliphatic rings. The van der Waals surface area contributed by atoms with Crippen LogP contribution in [0.1, 0.15) is 43.2 Å². The first-order valence-electron chi connectivity index (χ1n) is 5.32. The van der Waals surface area contributed by atoms with Crippen LogP contribution in [0.3, 0.4) is 0 Å². The zero-order chi connectivity index (χ0) is 11.1. The Balaban J connectivity index is 2.63. The number of nitrogens with zero attached hydrogens (tertiary/aromatic N) is 1. The quantitative estimate of drug-likeness (QED) is 0.760. The molecule has 1 heterocycles. The van der Waals surface area contributed by atoms with E-state index in [2.05, 4.69) is 37.9 Å². The highest BCUT2D eigenvalue weighted by Crippen LogP contribution is 2.31. The molecule has 2 heteroatoms. The van der Waals surface area contributed by atoms with Crippen molar-refractivity contribution >= 4 is 6.08 Å². The molecule has 0 bridgehead atoms. The molecule has 1 aromatic heterocycles. The third-order valence-electron chi connectivity index (χ3n) is 2.87. The zero-order valence-electron chi connectivity index (χ0n) is 9.54. The smallest absolute Gasteiger partial charge is 0.0691 e. The molecule has 1 N–H and O–H groups in total. The van der Waals surface area contributed by atoms with Crippen molar-refractivity contribution in [1.82, 2.24) is 4.98 Å². The summed E-state index contributed by atoms with van der Waals surface area (Å²) in [6, 6.07) is 0. The van der Waals surface area contributed by atoms with Gasteiger partial charge in [0.05, 0.1) is 12.3 Å². The molecule has 15 heavy (non-hydrogen) atoms. The standard InChI is InChI=1S/C13H17NO/c1-13(2,3)11-7-14-12-6-4-5-9(12)10(11)8-15/h4-5,7,15H,6,8H2,1-3H3. The van der Waals surface area contributed by atoms with Crippen LogP contribution < -0.4 is 0 Å². The topological polar surface area (TPSA) is 33.1 Å². The van der Waals surface area contributed by atoms with E-state index in [0.717, 1.165) is 28.8 Å². The van der Waals surface area contributed by atoms with Crippen molar-refractivity contribution in [2.45, 2.75) is 39.2 Å². The summed E-state index contributed by atoms with van der Waals surface area (Å²) in [4.78, 5) is 4.46. The van der Waals surface area contributed by atoms with Crippen molar-refractivity contribution in [1.29, 1.82) is 0 Å². The van der Waals surface area contributed by atoms with Crippen molar-refractivity contribution < 1.29 is 5.11 Å². The molecule has 0 spiro atoms. The van der Waals surface area contributed by atoms with Gasteiger partial charge in [0.1, 0.15) is 0 Å². The van der Waals surface area contributed by atoms with Gasteiger partial charge in [0.25, 0.3) is 0 Å². The average molecular weight is 203 g/mol. The Bertz CT molecular complexity index is 413. The second-order valence-electron chi connectivity index (χ2n) is 5.03. The maximum Gasteiger partial charge on any atom is 0.0691 e. The lowest BCUT2D eigenvalue weighted by Crippen LogP contribution is -2.16. The van der Waals surface area contributed by atoms with Crippen molar-refractivity contribution in [3.63, 3.8) is 0 Å². The number of aromatic nitrogens is 1. The Hall–Kier alpha value is -1.15. The summed E-state index contributed by atoms with van der Waals surface area (Å²) in [6.45, 7) is 6.54. The molecule has 2 rings (SSSR count). The molecular formula is C13H17NO. The van der Waals surface area contributed by atoms with Gasteiger partial charge in [-0.15, -0.1) is 0 Å². The van der Waals surface area contributed by atoms with Crippen molar-refractivity contribution in [3.8, 4) is 0 Å². The number of pyridine rings is 1. The molecule has 0 saturated carbocycles. The summed E-state index contributed by atoms with van der Waals surface area (Å²) in [5.41, 5.74) is 4.45. The molecule has 1 aliphatic carbocycles. The lowest BCUT2D eigenvalue weighted by atomic mass is 9.83. The second kappa shape index (κ2) is 3.46. The number of hydrogen-bond acceptors (Lipinski definition) is 2. The first-order chi connectivity index (χ1) is 7.04. The third-order valence-corrected chi connectivity index (χ3v) is 2.87. The van der Waals surface area contributed by atoms with Gasteiger partial charge in [0.2, 0.25) is 0 Å². The predicted molar refractivity (Wildman–Crippen MR) is 61.6 cm³/mol. The highest BCUT2D eigenvalue weighted by Gasteiger charge is 2.22. The zero-order valence-corrected chi connectivity index (χ0v) is 9.54. The van der Waals surface area contributed by atoms with Crippen LogP contribution in [0.15, 0.2) is 12.3 Å². The number of aliphatic hydroxyl groups is 1. The molecule has 2 nitrogen and oxygen atoms in total.